The molecule has 2 rings (SSSR count). The first kappa shape index (κ1) is 17.5. The fraction of sp³-hybridized carbons (Fsp3) is 0.312. The van der Waals surface area contributed by atoms with Gasteiger partial charge >= 0.3 is 0 Å². The highest BCUT2D eigenvalue weighted by Crippen LogP contribution is 2.16. The molecule has 0 saturated heterocycles. The molecule has 0 aliphatic rings. The van der Waals surface area contributed by atoms with Gasteiger partial charge in [-0.2, -0.15) is 10.5 Å². The van der Waals surface area contributed by atoms with Crippen molar-refractivity contribution >= 4 is 9.84 Å². The van der Waals surface area contributed by atoms with Gasteiger partial charge in [-0.25, -0.2) is 13.4 Å². The van der Waals surface area contributed by atoms with E-state index in [0.717, 1.165) is 6.26 Å². The third-order valence-corrected chi connectivity index (χ3v) is 4.55. The van der Waals surface area contributed by atoms with Gasteiger partial charge in [0, 0.05) is 12.8 Å². The quantitative estimate of drug-likeness (QED) is 0.739. The minimum absolute atomic E-state index is 0.132. The molecular formula is C16H16N4O3S. The number of sulfone groups is 1. The third kappa shape index (κ3) is 3.92. The molecule has 0 aliphatic heterocycles. The Kier molecular flexibility index (Phi) is 5.22. The largest absolute Gasteiger partial charge is 0.494 e. The molecule has 24 heavy (non-hydrogen) atoms. The Labute approximate surface area is 140 Å². The molecule has 0 aliphatic carbocycles. The monoisotopic (exact) mass is 344 g/mol. The predicted octanol–water partition coefficient (Wildman–Crippen LogP) is 1.81. The molecule has 2 aromatic rings. The van der Waals surface area contributed by atoms with Crippen LogP contribution in [0, 0.1) is 29.6 Å². The number of rotatable bonds is 6. The summed E-state index contributed by atoms with van der Waals surface area (Å²) in [6.07, 6.45) is 1.77. The Hall–Kier alpha value is -2.84. The molecule has 0 spiro atoms. The summed E-state index contributed by atoms with van der Waals surface area (Å²) in [6, 6.07) is 10.1. The summed E-state index contributed by atoms with van der Waals surface area (Å²) in [4.78, 5) is 4.29. The molecule has 124 valence electrons. The van der Waals surface area contributed by atoms with E-state index < -0.39 is 9.84 Å². The van der Waals surface area contributed by atoms with Crippen LogP contribution in [0.3, 0.4) is 0 Å². The first-order valence-electron chi connectivity index (χ1n) is 7.17. The smallest absolute Gasteiger partial charge is 0.177 e. The Morgan fingerprint density at radius 1 is 1.21 bits per heavy atom. The fourth-order valence-electron chi connectivity index (χ4n) is 2.23. The molecule has 0 amide bonds. The minimum Gasteiger partial charge on any atom is -0.494 e. The zero-order valence-electron chi connectivity index (χ0n) is 13.4. The van der Waals surface area contributed by atoms with Gasteiger partial charge < -0.3 is 9.30 Å². The average Bonchev–Trinajstić information content (AvgIpc) is 2.86. The van der Waals surface area contributed by atoms with Crippen LogP contribution in [0.5, 0.6) is 5.75 Å². The minimum atomic E-state index is -3.22. The Balaban J connectivity index is 1.94. The summed E-state index contributed by atoms with van der Waals surface area (Å²) in [5.41, 5.74) is 0.389. The normalized spacial score (nSPS) is 10.8. The highest BCUT2D eigenvalue weighted by molar-refractivity contribution is 7.90. The highest BCUT2D eigenvalue weighted by atomic mass is 32.2. The van der Waals surface area contributed by atoms with Gasteiger partial charge in [0.05, 0.1) is 11.5 Å². The van der Waals surface area contributed by atoms with Crippen LogP contribution in [0.2, 0.25) is 0 Å². The van der Waals surface area contributed by atoms with E-state index in [1.54, 1.807) is 23.6 Å². The fourth-order valence-corrected chi connectivity index (χ4v) is 2.86. The molecular weight excluding hydrogens is 328 g/mol. The number of aromatic nitrogens is 2. The molecule has 1 aromatic carbocycles. The van der Waals surface area contributed by atoms with Crippen LogP contribution in [-0.4, -0.2) is 30.8 Å². The number of benzene rings is 1. The lowest BCUT2D eigenvalue weighted by Gasteiger charge is -2.09. The van der Waals surface area contributed by atoms with Gasteiger partial charge in [-0.3, -0.25) is 0 Å². The Morgan fingerprint density at radius 2 is 1.88 bits per heavy atom. The molecule has 0 atom stereocenters. The van der Waals surface area contributed by atoms with Crippen molar-refractivity contribution in [2.75, 3.05) is 12.9 Å². The second kappa shape index (κ2) is 7.16. The second-order valence-electron chi connectivity index (χ2n) is 5.18. The third-order valence-electron chi connectivity index (χ3n) is 3.42. The lowest BCUT2D eigenvalue weighted by atomic mass is 10.3. The van der Waals surface area contributed by atoms with Gasteiger partial charge in [0.25, 0.3) is 0 Å². The molecule has 0 saturated carbocycles. The zero-order chi connectivity index (χ0) is 17.7. The van der Waals surface area contributed by atoms with Crippen molar-refractivity contribution in [3.05, 3.63) is 41.5 Å². The molecule has 1 heterocycles. The first-order chi connectivity index (χ1) is 11.4. The van der Waals surface area contributed by atoms with Crippen molar-refractivity contribution in [3.8, 4) is 17.9 Å². The summed E-state index contributed by atoms with van der Waals surface area (Å²) in [5, 5.41) is 18.1. The predicted molar refractivity (Wildman–Crippen MR) is 86.1 cm³/mol. The van der Waals surface area contributed by atoms with Crippen LogP contribution in [-0.2, 0) is 16.4 Å². The maximum atomic E-state index is 11.4. The van der Waals surface area contributed by atoms with Crippen molar-refractivity contribution < 1.29 is 13.2 Å². The molecule has 8 heteroatoms. The van der Waals surface area contributed by atoms with Gasteiger partial charge in [-0.15, -0.1) is 0 Å². The van der Waals surface area contributed by atoms with Gasteiger partial charge in [0.1, 0.15) is 23.7 Å². The van der Waals surface area contributed by atoms with E-state index in [0.29, 0.717) is 31.1 Å². The van der Waals surface area contributed by atoms with E-state index in [1.807, 2.05) is 12.1 Å². The molecule has 0 radical (unpaired) electrons. The number of hydrogen-bond donors (Lipinski definition) is 0. The molecule has 0 fully saturated rings. The molecule has 0 N–H and O–H groups in total. The maximum Gasteiger partial charge on any atom is 0.177 e. The van der Waals surface area contributed by atoms with E-state index in [4.69, 9.17) is 15.3 Å². The summed E-state index contributed by atoms with van der Waals surface area (Å²) < 4.78 is 30.0. The summed E-state index contributed by atoms with van der Waals surface area (Å²) in [6.45, 7) is 2.64. The van der Waals surface area contributed by atoms with Crippen molar-refractivity contribution in [2.45, 2.75) is 24.8 Å². The number of ether oxygens (including phenoxy) is 1. The molecule has 7 nitrogen and oxygen atoms in total. The van der Waals surface area contributed by atoms with Crippen molar-refractivity contribution in [2.24, 2.45) is 0 Å². The van der Waals surface area contributed by atoms with E-state index in [2.05, 4.69) is 4.98 Å². The highest BCUT2D eigenvalue weighted by Gasteiger charge is 2.13. The summed E-state index contributed by atoms with van der Waals surface area (Å²) in [7, 11) is -3.22. The second-order valence-corrected chi connectivity index (χ2v) is 7.19. The SMILES string of the molecule is Cc1nc(C#N)c(C#N)n1CCCOc1ccc(S(C)(=O)=O)cc1. The van der Waals surface area contributed by atoms with Crippen molar-refractivity contribution in [3.63, 3.8) is 0 Å². The maximum absolute atomic E-state index is 11.4. The number of nitrogens with zero attached hydrogens (tertiary/aromatic N) is 4. The Bertz CT molecular complexity index is 916. The van der Waals surface area contributed by atoms with Crippen LogP contribution < -0.4 is 4.74 Å². The van der Waals surface area contributed by atoms with Gasteiger partial charge in [0.15, 0.2) is 21.2 Å². The van der Waals surface area contributed by atoms with Gasteiger partial charge in [-0.05, 0) is 37.6 Å². The van der Waals surface area contributed by atoms with Crippen molar-refractivity contribution in [1.29, 1.82) is 10.5 Å². The lowest BCUT2D eigenvalue weighted by Crippen LogP contribution is -2.08. The number of nitriles is 2. The number of imidazole rings is 1. The van der Waals surface area contributed by atoms with Gasteiger partial charge in [0.2, 0.25) is 0 Å². The summed E-state index contributed by atoms with van der Waals surface area (Å²) in [5.74, 6) is 1.18. The van der Waals surface area contributed by atoms with E-state index in [1.165, 1.54) is 12.1 Å². The number of aryl methyl sites for hydroxylation is 1. The zero-order valence-corrected chi connectivity index (χ0v) is 14.2. The van der Waals surface area contributed by atoms with E-state index in [9.17, 15) is 8.42 Å². The van der Waals surface area contributed by atoms with Crippen molar-refractivity contribution in [1.82, 2.24) is 9.55 Å². The average molecular weight is 344 g/mol. The van der Waals surface area contributed by atoms with E-state index in [-0.39, 0.29) is 16.3 Å². The van der Waals surface area contributed by atoms with Crippen LogP contribution >= 0.6 is 0 Å². The standard InChI is InChI=1S/C16H16N4O3S/c1-12-19-15(10-17)16(11-18)20(12)8-3-9-23-13-4-6-14(7-5-13)24(2,21)22/h4-7H,3,8-9H2,1-2H3. The Morgan fingerprint density at radius 3 is 2.42 bits per heavy atom. The van der Waals surface area contributed by atoms with Crippen LogP contribution in [0.25, 0.3) is 0 Å². The lowest BCUT2D eigenvalue weighted by molar-refractivity contribution is 0.301. The first-order valence-corrected chi connectivity index (χ1v) is 9.06. The molecule has 0 bridgehead atoms. The van der Waals surface area contributed by atoms with Crippen LogP contribution in [0.4, 0.5) is 0 Å². The number of hydrogen-bond acceptors (Lipinski definition) is 6. The molecule has 1 aromatic heterocycles. The van der Waals surface area contributed by atoms with Crippen LogP contribution in [0.1, 0.15) is 23.6 Å². The van der Waals surface area contributed by atoms with Gasteiger partial charge in [-0.1, -0.05) is 0 Å². The topological polar surface area (TPSA) is 109 Å². The van der Waals surface area contributed by atoms with Crippen LogP contribution in [0.15, 0.2) is 29.2 Å². The summed E-state index contributed by atoms with van der Waals surface area (Å²) >= 11 is 0. The van der Waals surface area contributed by atoms with E-state index >= 15 is 0 Å². The molecule has 0 unspecified atom stereocenters.